The van der Waals surface area contributed by atoms with Gasteiger partial charge in [-0.1, -0.05) is 32.8 Å². The molecule has 1 atom stereocenters. The Labute approximate surface area is 147 Å². The molecule has 0 aliphatic carbocycles. The number of carboxylic acid groups (broad SMARTS) is 1. The van der Waals surface area contributed by atoms with Gasteiger partial charge in [-0.05, 0) is 36.5 Å². The van der Waals surface area contributed by atoms with Crippen LogP contribution in [0.25, 0.3) is 10.9 Å². The Hall–Kier alpha value is -2.32. The first kappa shape index (κ1) is 17.5. The number of nitrogens with one attached hydrogen (secondary N) is 1. The number of hydrogen-bond donors (Lipinski definition) is 2. The van der Waals surface area contributed by atoms with Crippen LogP contribution < -0.4 is 0 Å². The Balaban J connectivity index is 2.27. The standard InChI is InChI=1S/C20H24N2O3/c1-3-5-9-20(11-16(23)24)19-15(8-10-25-20)17-14(12-21)7-6-13(4-2)18(17)22-19/h6-7,22H,3-5,8-11H2,1-2H3,(H,23,24). The van der Waals surface area contributed by atoms with Crippen molar-refractivity contribution in [1.29, 1.82) is 5.26 Å². The summed E-state index contributed by atoms with van der Waals surface area (Å²) in [6, 6.07) is 6.14. The zero-order valence-corrected chi connectivity index (χ0v) is 14.8. The molecular weight excluding hydrogens is 316 g/mol. The number of ether oxygens (including phenoxy) is 1. The number of aromatic amines is 1. The molecule has 25 heavy (non-hydrogen) atoms. The van der Waals surface area contributed by atoms with Crippen LogP contribution in [0.5, 0.6) is 0 Å². The highest BCUT2D eigenvalue weighted by atomic mass is 16.5. The van der Waals surface area contributed by atoms with Gasteiger partial charge in [-0.2, -0.15) is 5.26 Å². The van der Waals surface area contributed by atoms with E-state index in [1.165, 1.54) is 0 Å². The number of carboxylic acids is 1. The molecule has 0 spiro atoms. The summed E-state index contributed by atoms with van der Waals surface area (Å²) in [4.78, 5) is 15.0. The largest absolute Gasteiger partial charge is 0.481 e. The monoisotopic (exact) mass is 340 g/mol. The molecule has 0 bridgehead atoms. The van der Waals surface area contributed by atoms with Crippen molar-refractivity contribution < 1.29 is 14.6 Å². The number of H-pyrrole nitrogens is 1. The number of aryl methyl sites for hydroxylation is 1. The fourth-order valence-corrected chi connectivity index (χ4v) is 4.01. The van der Waals surface area contributed by atoms with Crippen LogP contribution in [0.2, 0.25) is 0 Å². The number of nitrogens with zero attached hydrogens (tertiary/aromatic N) is 1. The van der Waals surface area contributed by atoms with Crippen molar-refractivity contribution >= 4 is 16.9 Å². The number of carbonyl (C=O) groups is 1. The number of aromatic nitrogens is 1. The van der Waals surface area contributed by atoms with Crippen molar-refractivity contribution in [3.05, 3.63) is 34.5 Å². The van der Waals surface area contributed by atoms with E-state index in [4.69, 9.17) is 4.74 Å². The van der Waals surface area contributed by atoms with Gasteiger partial charge in [0.2, 0.25) is 0 Å². The summed E-state index contributed by atoms with van der Waals surface area (Å²) in [6.45, 7) is 4.66. The second-order valence-corrected chi connectivity index (χ2v) is 6.73. The maximum atomic E-state index is 11.6. The van der Waals surface area contributed by atoms with E-state index in [9.17, 15) is 15.2 Å². The smallest absolute Gasteiger partial charge is 0.306 e. The SMILES string of the molecule is CCCCC1(CC(=O)O)OCCc2c1[nH]c1c(CC)ccc(C#N)c21. The van der Waals surface area contributed by atoms with Crippen LogP contribution in [0, 0.1) is 11.3 Å². The van der Waals surface area contributed by atoms with Gasteiger partial charge in [0.1, 0.15) is 5.60 Å². The van der Waals surface area contributed by atoms with Gasteiger partial charge in [-0.25, -0.2) is 0 Å². The first-order valence-electron chi connectivity index (χ1n) is 8.99. The third-order valence-electron chi connectivity index (χ3n) is 5.20. The van der Waals surface area contributed by atoms with E-state index in [1.54, 1.807) is 0 Å². The minimum atomic E-state index is -0.862. The predicted octanol–water partition coefficient (Wildman–Crippen LogP) is 4.03. The van der Waals surface area contributed by atoms with Gasteiger partial charge in [0, 0.05) is 5.39 Å². The molecule has 5 heteroatoms. The third kappa shape index (κ3) is 2.91. The fraction of sp³-hybridized carbons (Fsp3) is 0.500. The molecule has 0 radical (unpaired) electrons. The number of fused-ring (bicyclic) bond motifs is 3. The van der Waals surface area contributed by atoms with Gasteiger partial charge >= 0.3 is 5.97 Å². The number of rotatable bonds is 6. The lowest BCUT2D eigenvalue weighted by atomic mass is 9.84. The minimum absolute atomic E-state index is 0.0594. The average Bonchev–Trinajstić information content (AvgIpc) is 3.00. The van der Waals surface area contributed by atoms with Crippen molar-refractivity contribution in [2.24, 2.45) is 0 Å². The van der Waals surface area contributed by atoms with Crippen LogP contribution in [0.1, 0.15) is 61.9 Å². The van der Waals surface area contributed by atoms with Gasteiger partial charge in [-0.15, -0.1) is 0 Å². The van der Waals surface area contributed by atoms with E-state index >= 15 is 0 Å². The quantitative estimate of drug-likeness (QED) is 0.831. The Morgan fingerprint density at radius 2 is 2.24 bits per heavy atom. The maximum Gasteiger partial charge on any atom is 0.306 e. The Morgan fingerprint density at radius 3 is 2.88 bits per heavy atom. The summed E-state index contributed by atoms with van der Waals surface area (Å²) in [5.41, 5.74) is 3.84. The van der Waals surface area contributed by atoms with Gasteiger partial charge in [0.05, 0.1) is 35.9 Å². The average molecular weight is 340 g/mol. The Bertz CT molecular complexity index is 847. The van der Waals surface area contributed by atoms with E-state index in [2.05, 4.69) is 24.9 Å². The first-order chi connectivity index (χ1) is 12.1. The molecule has 1 aromatic heterocycles. The Kier molecular flexibility index (Phi) is 4.82. The molecule has 0 fully saturated rings. The number of aliphatic carboxylic acids is 1. The zero-order valence-electron chi connectivity index (χ0n) is 14.8. The summed E-state index contributed by atoms with van der Waals surface area (Å²) >= 11 is 0. The number of nitriles is 1. The lowest BCUT2D eigenvalue weighted by Gasteiger charge is -2.36. The summed E-state index contributed by atoms with van der Waals surface area (Å²) in [7, 11) is 0. The molecule has 2 heterocycles. The second-order valence-electron chi connectivity index (χ2n) is 6.73. The van der Waals surface area contributed by atoms with Crippen LogP contribution in [0.3, 0.4) is 0 Å². The zero-order chi connectivity index (χ0) is 18.0. The van der Waals surface area contributed by atoms with Crippen molar-refractivity contribution in [3.8, 4) is 6.07 Å². The molecule has 2 N–H and O–H groups in total. The summed E-state index contributed by atoms with van der Waals surface area (Å²) < 4.78 is 6.09. The van der Waals surface area contributed by atoms with E-state index in [0.29, 0.717) is 25.0 Å². The molecule has 1 unspecified atom stereocenters. The van der Waals surface area contributed by atoms with Crippen LogP contribution in [0.15, 0.2) is 12.1 Å². The highest BCUT2D eigenvalue weighted by Crippen LogP contribution is 2.44. The lowest BCUT2D eigenvalue weighted by Crippen LogP contribution is -2.38. The molecule has 2 aromatic rings. The number of benzene rings is 1. The van der Waals surface area contributed by atoms with Crippen LogP contribution in [0.4, 0.5) is 0 Å². The molecular formula is C20H24N2O3. The predicted molar refractivity (Wildman–Crippen MR) is 95.5 cm³/mol. The third-order valence-corrected chi connectivity index (χ3v) is 5.20. The van der Waals surface area contributed by atoms with E-state index in [1.807, 2.05) is 12.1 Å². The van der Waals surface area contributed by atoms with E-state index < -0.39 is 11.6 Å². The Morgan fingerprint density at radius 1 is 1.44 bits per heavy atom. The van der Waals surface area contributed by atoms with Gasteiger partial charge in [0.15, 0.2) is 0 Å². The van der Waals surface area contributed by atoms with Crippen LogP contribution in [-0.4, -0.2) is 22.7 Å². The van der Waals surface area contributed by atoms with Gasteiger partial charge in [0.25, 0.3) is 0 Å². The number of unbranched alkanes of at least 4 members (excludes halogenated alkanes) is 1. The fourth-order valence-electron chi connectivity index (χ4n) is 4.01. The summed E-state index contributed by atoms with van der Waals surface area (Å²) in [5, 5.41) is 20.0. The molecule has 0 saturated heterocycles. The molecule has 5 nitrogen and oxygen atoms in total. The maximum absolute atomic E-state index is 11.6. The van der Waals surface area contributed by atoms with E-state index in [0.717, 1.165) is 47.0 Å². The van der Waals surface area contributed by atoms with E-state index in [-0.39, 0.29) is 6.42 Å². The molecule has 1 aliphatic rings. The summed E-state index contributed by atoms with van der Waals surface area (Å²) in [5.74, 6) is -0.862. The van der Waals surface area contributed by atoms with Gasteiger partial charge in [-0.3, -0.25) is 4.79 Å². The lowest BCUT2D eigenvalue weighted by molar-refractivity contribution is -0.149. The second kappa shape index (κ2) is 6.89. The van der Waals surface area contributed by atoms with Crippen LogP contribution in [-0.2, 0) is 28.0 Å². The van der Waals surface area contributed by atoms with Crippen molar-refractivity contribution in [2.75, 3.05) is 6.61 Å². The highest BCUT2D eigenvalue weighted by Gasteiger charge is 2.42. The molecule has 3 rings (SSSR count). The molecule has 0 saturated carbocycles. The van der Waals surface area contributed by atoms with Crippen molar-refractivity contribution in [2.45, 2.75) is 58.0 Å². The molecule has 132 valence electrons. The first-order valence-corrected chi connectivity index (χ1v) is 8.99. The number of hydrogen-bond acceptors (Lipinski definition) is 3. The van der Waals surface area contributed by atoms with Crippen LogP contribution >= 0.6 is 0 Å². The minimum Gasteiger partial charge on any atom is -0.481 e. The molecule has 1 aliphatic heterocycles. The normalized spacial score (nSPS) is 19.6. The van der Waals surface area contributed by atoms with Crippen molar-refractivity contribution in [1.82, 2.24) is 4.98 Å². The molecule has 0 amide bonds. The topological polar surface area (TPSA) is 86.1 Å². The van der Waals surface area contributed by atoms with Gasteiger partial charge < -0.3 is 14.8 Å². The summed E-state index contributed by atoms with van der Waals surface area (Å²) in [6.07, 6.45) is 4.03. The molecule has 1 aromatic carbocycles. The van der Waals surface area contributed by atoms with Crippen molar-refractivity contribution in [3.63, 3.8) is 0 Å². The highest BCUT2D eigenvalue weighted by molar-refractivity contribution is 5.93.